The summed E-state index contributed by atoms with van der Waals surface area (Å²) in [4.78, 5) is 0. The Labute approximate surface area is 88.3 Å². The van der Waals surface area contributed by atoms with Gasteiger partial charge in [-0.2, -0.15) is 16.9 Å². The summed E-state index contributed by atoms with van der Waals surface area (Å²) in [6, 6.07) is 4.19. The van der Waals surface area contributed by atoms with Crippen molar-refractivity contribution in [2.24, 2.45) is 0 Å². The molecule has 2 heterocycles. The lowest BCUT2D eigenvalue weighted by Crippen LogP contribution is -2.51. The van der Waals surface area contributed by atoms with Crippen LogP contribution >= 0.6 is 11.8 Å². The highest BCUT2D eigenvalue weighted by Crippen LogP contribution is 2.32. The second-order valence-corrected chi connectivity index (χ2v) is 5.28. The third kappa shape index (κ3) is 1.57. The van der Waals surface area contributed by atoms with Crippen LogP contribution in [0.2, 0.25) is 0 Å². The molecule has 0 unspecified atom stereocenters. The van der Waals surface area contributed by atoms with E-state index >= 15 is 0 Å². The van der Waals surface area contributed by atoms with E-state index in [-0.39, 0.29) is 0 Å². The first kappa shape index (κ1) is 8.80. The molecule has 1 saturated carbocycles. The fraction of sp³-hybridized carbons (Fsp3) is 0.700. The van der Waals surface area contributed by atoms with Crippen LogP contribution < -0.4 is 5.32 Å². The zero-order chi connectivity index (χ0) is 9.38. The number of thioether (sulfide) groups is 1. The monoisotopic (exact) mass is 209 g/mol. The topological polar surface area (TPSA) is 29.9 Å². The largest absolute Gasteiger partial charge is 0.309 e. The number of nitrogens with one attached hydrogen (secondary N) is 1. The first-order valence-electron chi connectivity index (χ1n) is 5.25. The van der Waals surface area contributed by atoms with Crippen molar-refractivity contribution in [1.29, 1.82) is 0 Å². The van der Waals surface area contributed by atoms with E-state index in [4.69, 9.17) is 0 Å². The van der Waals surface area contributed by atoms with Crippen molar-refractivity contribution in [3.05, 3.63) is 18.5 Å². The van der Waals surface area contributed by atoms with Crippen molar-refractivity contribution in [1.82, 2.24) is 15.1 Å². The fourth-order valence-corrected chi connectivity index (χ4v) is 2.77. The molecule has 1 aromatic rings. The summed E-state index contributed by atoms with van der Waals surface area (Å²) in [6.45, 7) is 0. The molecule has 0 amide bonds. The number of hydrogen-bond donors (Lipinski definition) is 1. The van der Waals surface area contributed by atoms with Gasteiger partial charge in [0, 0.05) is 36.0 Å². The van der Waals surface area contributed by atoms with Gasteiger partial charge in [-0.25, -0.2) is 0 Å². The number of rotatable bonds is 3. The van der Waals surface area contributed by atoms with Gasteiger partial charge in [-0.15, -0.1) is 0 Å². The summed E-state index contributed by atoms with van der Waals surface area (Å²) in [5.41, 5.74) is 0. The highest BCUT2D eigenvalue weighted by Gasteiger charge is 2.33. The second-order valence-electron chi connectivity index (χ2n) is 4.21. The molecule has 1 N–H and O–H groups in total. The maximum atomic E-state index is 4.27. The van der Waals surface area contributed by atoms with Crippen molar-refractivity contribution >= 4 is 11.8 Å². The standard InChI is InChI=1S/C10H15N3S/c1-2-11-13(3-1)10-4-8(5-10)12-9-6-14-7-9/h1-3,8-10,12H,4-7H2. The van der Waals surface area contributed by atoms with Gasteiger partial charge in [-0.05, 0) is 18.9 Å². The molecule has 0 atom stereocenters. The maximum Gasteiger partial charge on any atom is 0.0548 e. The maximum absolute atomic E-state index is 4.27. The molecular formula is C10H15N3S. The highest BCUT2D eigenvalue weighted by molar-refractivity contribution is 8.00. The molecule has 2 fully saturated rings. The van der Waals surface area contributed by atoms with E-state index in [9.17, 15) is 0 Å². The van der Waals surface area contributed by atoms with Gasteiger partial charge in [0.05, 0.1) is 6.04 Å². The molecule has 3 nitrogen and oxygen atoms in total. The molecule has 4 heteroatoms. The Morgan fingerprint density at radius 2 is 2.14 bits per heavy atom. The predicted molar refractivity (Wildman–Crippen MR) is 58.5 cm³/mol. The number of hydrogen-bond acceptors (Lipinski definition) is 3. The van der Waals surface area contributed by atoms with Gasteiger partial charge in [-0.1, -0.05) is 0 Å². The normalized spacial score (nSPS) is 32.3. The minimum atomic E-state index is 0.648. The van der Waals surface area contributed by atoms with E-state index < -0.39 is 0 Å². The zero-order valence-electron chi connectivity index (χ0n) is 8.10. The van der Waals surface area contributed by atoms with Gasteiger partial charge >= 0.3 is 0 Å². The summed E-state index contributed by atoms with van der Waals surface area (Å²) in [5, 5.41) is 7.95. The van der Waals surface area contributed by atoms with Gasteiger partial charge in [0.2, 0.25) is 0 Å². The number of nitrogens with zero attached hydrogens (tertiary/aromatic N) is 2. The Morgan fingerprint density at radius 3 is 2.71 bits per heavy atom. The van der Waals surface area contributed by atoms with Crippen LogP contribution in [0.25, 0.3) is 0 Å². The lowest BCUT2D eigenvalue weighted by atomic mass is 9.86. The average molecular weight is 209 g/mol. The molecule has 1 aliphatic heterocycles. The van der Waals surface area contributed by atoms with Crippen LogP contribution in [0.3, 0.4) is 0 Å². The minimum Gasteiger partial charge on any atom is -0.309 e. The van der Waals surface area contributed by atoms with Gasteiger partial charge in [-0.3, -0.25) is 4.68 Å². The van der Waals surface area contributed by atoms with Crippen LogP contribution in [0.4, 0.5) is 0 Å². The van der Waals surface area contributed by atoms with Crippen molar-refractivity contribution < 1.29 is 0 Å². The van der Waals surface area contributed by atoms with Crippen LogP contribution in [-0.4, -0.2) is 33.4 Å². The van der Waals surface area contributed by atoms with Crippen LogP contribution in [0.5, 0.6) is 0 Å². The molecule has 14 heavy (non-hydrogen) atoms. The van der Waals surface area contributed by atoms with Crippen molar-refractivity contribution in [2.45, 2.75) is 31.0 Å². The Kier molecular flexibility index (Phi) is 2.25. The molecule has 1 aromatic heterocycles. The molecule has 2 aliphatic rings. The molecule has 1 saturated heterocycles. The van der Waals surface area contributed by atoms with E-state index in [0.29, 0.717) is 6.04 Å². The molecule has 3 rings (SSSR count). The molecule has 1 aliphatic carbocycles. The van der Waals surface area contributed by atoms with Crippen LogP contribution in [-0.2, 0) is 0 Å². The van der Waals surface area contributed by atoms with Crippen LogP contribution in [0, 0.1) is 0 Å². The lowest BCUT2D eigenvalue weighted by Gasteiger charge is -2.40. The van der Waals surface area contributed by atoms with E-state index in [1.54, 1.807) is 0 Å². The van der Waals surface area contributed by atoms with Crippen LogP contribution in [0.15, 0.2) is 18.5 Å². The molecule has 0 bridgehead atoms. The predicted octanol–water partition coefficient (Wildman–Crippen LogP) is 1.29. The van der Waals surface area contributed by atoms with E-state index in [2.05, 4.69) is 21.3 Å². The fourth-order valence-electron chi connectivity index (χ4n) is 2.10. The van der Waals surface area contributed by atoms with E-state index in [1.165, 1.54) is 24.3 Å². The summed E-state index contributed by atoms with van der Waals surface area (Å²) in [7, 11) is 0. The highest BCUT2D eigenvalue weighted by atomic mass is 32.2. The summed E-state index contributed by atoms with van der Waals surface area (Å²) in [6.07, 6.45) is 6.44. The Hall–Kier alpha value is -0.480. The van der Waals surface area contributed by atoms with Crippen molar-refractivity contribution in [3.8, 4) is 0 Å². The minimum absolute atomic E-state index is 0.648. The molecule has 0 aromatic carbocycles. The Bertz CT molecular complexity index is 288. The quantitative estimate of drug-likeness (QED) is 0.813. The van der Waals surface area contributed by atoms with E-state index in [0.717, 1.165) is 12.1 Å². The molecule has 0 radical (unpaired) electrons. The van der Waals surface area contributed by atoms with Gasteiger partial charge in [0.25, 0.3) is 0 Å². The van der Waals surface area contributed by atoms with Gasteiger partial charge in [0.15, 0.2) is 0 Å². The lowest BCUT2D eigenvalue weighted by molar-refractivity contribution is 0.201. The first-order chi connectivity index (χ1) is 6.92. The second kappa shape index (κ2) is 3.59. The molecule has 76 valence electrons. The Morgan fingerprint density at radius 1 is 1.29 bits per heavy atom. The molecular weight excluding hydrogens is 194 g/mol. The van der Waals surface area contributed by atoms with Crippen molar-refractivity contribution in [2.75, 3.05) is 11.5 Å². The van der Waals surface area contributed by atoms with Gasteiger partial charge in [0.1, 0.15) is 0 Å². The first-order valence-corrected chi connectivity index (χ1v) is 6.40. The van der Waals surface area contributed by atoms with E-state index in [1.807, 2.05) is 24.0 Å². The van der Waals surface area contributed by atoms with Gasteiger partial charge < -0.3 is 5.32 Å². The Balaban J connectivity index is 1.46. The van der Waals surface area contributed by atoms with Crippen molar-refractivity contribution in [3.63, 3.8) is 0 Å². The summed E-state index contributed by atoms with van der Waals surface area (Å²) >= 11 is 2.04. The zero-order valence-corrected chi connectivity index (χ0v) is 8.91. The average Bonchev–Trinajstić information content (AvgIpc) is 2.50. The third-order valence-corrected chi connectivity index (χ3v) is 4.40. The molecule has 0 spiro atoms. The SMILES string of the molecule is c1cnn(C2CC(NC3CSC3)C2)c1. The summed E-state index contributed by atoms with van der Waals surface area (Å²) in [5.74, 6) is 2.62. The third-order valence-electron chi connectivity index (χ3n) is 3.12. The number of aromatic nitrogens is 2. The smallest absolute Gasteiger partial charge is 0.0548 e. The van der Waals surface area contributed by atoms with Crippen LogP contribution in [0.1, 0.15) is 18.9 Å². The summed E-state index contributed by atoms with van der Waals surface area (Å²) < 4.78 is 2.09.